The minimum atomic E-state index is 0. The minimum Gasteiger partial charge on any atom is -0.496 e. The number of nitrogens with one attached hydrogen (secondary N) is 1. The lowest BCUT2D eigenvalue weighted by atomic mass is 9.95. The van der Waals surface area contributed by atoms with Crippen LogP contribution in [0, 0.1) is 0 Å². The summed E-state index contributed by atoms with van der Waals surface area (Å²) in [6, 6.07) is 8.35. The lowest BCUT2D eigenvalue weighted by Crippen LogP contribution is -2.49. The number of hydrogen-bond acceptors (Lipinski definition) is 4. The number of ether oxygens (including phenoxy) is 2. The number of aliphatic imine (C=N–C) groups is 1. The summed E-state index contributed by atoms with van der Waals surface area (Å²) in [6.07, 6.45) is 6.25. The Balaban J connectivity index is 0.00000240. The van der Waals surface area contributed by atoms with E-state index < -0.39 is 0 Å². The van der Waals surface area contributed by atoms with Gasteiger partial charge < -0.3 is 19.7 Å². The molecule has 0 radical (unpaired) electrons. The number of hydrogen-bond donors (Lipinski definition) is 1. The van der Waals surface area contributed by atoms with Crippen LogP contribution in [0.4, 0.5) is 0 Å². The van der Waals surface area contributed by atoms with Gasteiger partial charge in [0.15, 0.2) is 5.96 Å². The molecule has 1 saturated heterocycles. The summed E-state index contributed by atoms with van der Waals surface area (Å²) >= 11 is 0. The Bertz CT molecular complexity index is 849. The van der Waals surface area contributed by atoms with E-state index in [9.17, 15) is 0 Å². The molecule has 1 aromatic heterocycles. The molecule has 4 rings (SSSR count). The van der Waals surface area contributed by atoms with Crippen LogP contribution in [0.2, 0.25) is 0 Å². The summed E-state index contributed by atoms with van der Waals surface area (Å²) in [5, 5.41) is 7.88. The molecule has 1 aromatic carbocycles. The van der Waals surface area contributed by atoms with Crippen LogP contribution in [0.1, 0.15) is 30.1 Å². The van der Waals surface area contributed by atoms with Crippen molar-refractivity contribution in [2.45, 2.75) is 24.4 Å². The maximum absolute atomic E-state index is 5.97. The molecular weight excluding hydrogens is 481 g/mol. The fraction of sp³-hybridized carbons (Fsp3) is 0.524. The standard InChI is InChI=1S/C21H29N5O2.HI/c1-22-20(26-10-11-28-19(14-26)16-12-24-25(2)13-16)23-15-21(8-9-21)17-6-4-5-7-18(17)27-3;/h4-7,12-13,19H,8-11,14-15H2,1-3H3,(H,22,23);1H. The zero-order valence-corrected chi connectivity index (χ0v) is 19.6. The molecule has 2 aliphatic rings. The highest BCUT2D eigenvalue weighted by Crippen LogP contribution is 2.50. The second-order valence-electron chi connectivity index (χ2n) is 7.63. The van der Waals surface area contributed by atoms with Crippen LogP contribution in [0.25, 0.3) is 0 Å². The first-order valence-electron chi connectivity index (χ1n) is 9.84. The number of guanidine groups is 1. The van der Waals surface area contributed by atoms with E-state index in [4.69, 9.17) is 9.47 Å². The minimum absolute atomic E-state index is 0. The van der Waals surface area contributed by atoms with Gasteiger partial charge in [-0.3, -0.25) is 9.67 Å². The molecule has 2 aromatic rings. The van der Waals surface area contributed by atoms with Crippen LogP contribution >= 0.6 is 24.0 Å². The SMILES string of the molecule is CN=C(NCC1(c2ccccc2OC)CC1)N1CCOC(c2cnn(C)c2)C1.I. The molecule has 29 heavy (non-hydrogen) atoms. The summed E-state index contributed by atoms with van der Waals surface area (Å²) in [7, 11) is 5.52. The second-order valence-corrected chi connectivity index (χ2v) is 7.63. The molecule has 1 aliphatic carbocycles. The normalized spacial score (nSPS) is 20.7. The molecule has 8 heteroatoms. The van der Waals surface area contributed by atoms with Gasteiger partial charge in [0.05, 0.1) is 26.5 Å². The summed E-state index contributed by atoms with van der Waals surface area (Å²) in [5.41, 5.74) is 2.53. The van der Waals surface area contributed by atoms with Crippen molar-refractivity contribution in [1.82, 2.24) is 20.0 Å². The Hall–Kier alpha value is -1.81. The fourth-order valence-corrected chi connectivity index (χ4v) is 4.01. The number of aromatic nitrogens is 2. The molecule has 1 N–H and O–H groups in total. The van der Waals surface area contributed by atoms with Gasteiger partial charge in [-0.05, 0) is 18.9 Å². The molecule has 7 nitrogen and oxygen atoms in total. The first-order chi connectivity index (χ1) is 13.6. The van der Waals surface area contributed by atoms with E-state index in [1.807, 2.05) is 43.3 Å². The van der Waals surface area contributed by atoms with E-state index in [1.165, 1.54) is 18.4 Å². The first-order valence-corrected chi connectivity index (χ1v) is 9.84. The van der Waals surface area contributed by atoms with Crippen molar-refractivity contribution in [2.75, 3.05) is 40.4 Å². The van der Waals surface area contributed by atoms with Crippen LogP contribution in [0.3, 0.4) is 0 Å². The van der Waals surface area contributed by atoms with Gasteiger partial charge >= 0.3 is 0 Å². The van der Waals surface area contributed by atoms with Crippen molar-refractivity contribution in [3.05, 3.63) is 47.8 Å². The molecule has 1 unspecified atom stereocenters. The van der Waals surface area contributed by atoms with E-state index in [2.05, 4.69) is 32.4 Å². The Kier molecular flexibility index (Phi) is 7.05. The molecule has 1 aliphatic heterocycles. The molecule has 2 fully saturated rings. The third kappa shape index (κ3) is 4.69. The van der Waals surface area contributed by atoms with Crippen molar-refractivity contribution in [2.24, 2.45) is 12.0 Å². The number of halogens is 1. The zero-order chi connectivity index (χ0) is 19.6. The van der Waals surface area contributed by atoms with Crippen LogP contribution in [-0.2, 0) is 17.2 Å². The van der Waals surface area contributed by atoms with E-state index in [0.29, 0.717) is 6.61 Å². The summed E-state index contributed by atoms with van der Waals surface area (Å²) in [4.78, 5) is 6.81. The van der Waals surface area contributed by atoms with Crippen LogP contribution < -0.4 is 10.1 Å². The third-order valence-corrected chi connectivity index (χ3v) is 5.79. The number of methoxy groups -OCH3 is 1. The van der Waals surface area contributed by atoms with Gasteiger partial charge in [-0.25, -0.2) is 0 Å². The van der Waals surface area contributed by atoms with E-state index in [0.717, 1.165) is 36.9 Å². The number of nitrogens with zero attached hydrogens (tertiary/aromatic N) is 4. The quantitative estimate of drug-likeness (QED) is 0.380. The van der Waals surface area contributed by atoms with Crippen molar-refractivity contribution >= 4 is 29.9 Å². The highest BCUT2D eigenvalue weighted by Gasteiger charge is 2.46. The molecule has 0 bridgehead atoms. The van der Waals surface area contributed by atoms with Crippen LogP contribution in [0.15, 0.2) is 41.7 Å². The van der Waals surface area contributed by atoms with E-state index >= 15 is 0 Å². The molecule has 0 spiro atoms. The van der Waals surface area contributed by atoms with Gasteiger partial charge in [0.25, 0.3) is 0 Å². The molecule has 1 saturated carbocycles. The molecule has 1 atom stereocenters. The zero-order valence-electron chi connectivity index (χ0n) is 17.3. The molecule has 2 heterocycles. The number of morpholine rings is 1. The predicted molar refractivity (Wildman–Crippen MR) is 124 cm³/mol. The summed E-state index contributed by atoms with van der Waals surface area (Å²) < 4.78 is 13.4. The summed E-state index contributed by atoms with van der Waals surface area (Å²) in [5.74, 6) is 1.90. The van der Waals surface area contributed by atoms with Crippen molar-refractivity contribution in [3.8, 4) is 5.75 Å². The number of rotatable bonds is 5. The highest BCUT2D eigenvalue weighted by atomic mass is 127. The fourth-order valence-electron chi connectivity index (χ4n) is 4.01. The Morgan fingerprint density at radius 1 is 1.38 bits per heavy atom. The Labute approximate surface area is 189 Å². The lowest BCUT2D eigenvalue weighted by Gasteiger charge is -2.35. The van der Waals surface area contributed by atoms with Gasteiger partial charge in [0.1, 0.15) is 11.9 Å². The van der Waals surface area contributed by atoms with Gasteiger partial charge in [0, 0.05) is 49.9 Å². The number of aryl methyl sites for hydroxylation is 1. The number of para-hydroxylation sites is 1. The second kappa shape index (κ2) is 9.34. The third-order valence-electron chi connectivity index (χ3n) is 5.79. The highest BCUT2D eigenvalue weighted by molar-refractivity contribution is 14.0. The average Bonchev–Trinajstić information content (AvgIpc) is 3.40. The number of benzene rings is 1. The van der Waals surface area contributed by atoms with Gasteiger partial charge in [-0.1, -0.05) is 18.2 Å². The van der Waals surface area contributed by atoms with Crippen molar-refractivity contribution in [3.63, 3.8) is 0 Å². The van der Waals surface area contributed by atoms with Gasteiger partial charge in [-0.2, -0.15) is 5.10 Å². The molecule has 0 amide bonds. The molecular formula is C21H30IN5O2. The summed E-state index contributed by atoms with van der Waals surface area (Å²) in [6.45, 7) is 3.14. The largest absolute Gasteiger partial charge is 0.496 e. The van der Waals surface area contributed by atoms with E-state index in [-0.39, 0.29) is 35.5 Å². The maximum Gasteiger partial charge on any atom is 0.193 e. The molecule has 158 valence electrons. The van der Waals surface area contributed by atoms with Gasteiger partial charge in [0.2, 0.25) is 0 Å². The van der Waals surface area contributed by atoms with Gasteiger partial charge in [-0.15, -0.1) is 24.0 Å². The van der Waals surface area contributed by atoms with Crippen LogP contribution in [0.5, 0.6) is 5.75 Å². The lowest BCUT2D eigenvalue weighted by molar-refractivity contribution is -0.00805. The van der Waals surface area contributed by atoms with E-state index in [1.54, 1.807) is 7.11 Å². The van der Waals surface area contributed by atoms with Crippen LogP contribution in [-0.4, -0.2) is 61.0 Å². The first kappa shape index (κ1) is 21.9. The maximum atomic E-state index is 5.97. The Morgan fingerprint density at radius 2 is 2.17 bits per heavy atom. The Morgan fingerprint density at radius 3 is 2.83 bits per heavy atom. The smallest absolute Gasteiger partial charge is 0.193 e. The topological polar surface area (TPSA) is 63.9 Å². The monoisotopic (exact) mass is 511 g/mol. The average molecular weight is 511 g/mol. The predicted octanol–water partition coefficient (Wildman–Crippen LogP) is 2.73. The van der Waals surface area contributed by atoms with Crippen molar-refractivity contribution < 1.29 is 9.47 Å². The van der Waals surface area contributed by atoms with Crippen molar-refractivity contribution in [1.29, 1.82) is 0 Å².